The van der Waals surface area contributed by atoms with Gasteiger partial charge in [-0.1, -0.05) is 54.6 Å². The van der Waals surface area contributed by atoms with E-state index in [0.717, 1.165) is 6.07 Å². The predicted molar refractivity (Wildman–Crippen MR) is 146 cm³/mol. The molecule has 5 rings (SSSR count). The zero-order valence-corrected chi connectivity index (χ0v) is 21.5. The lowest BCUT2D eigenvalue weighted by atomic mass is 10.0. The Hall–Kier alpha value is -5.00. The fraction of sp³-hybridized carbons (Fsp3) is 0.207. The molecule has 0 amide bonds. The van der Waals surface area contributed by atoms with Gasteiger partial charge in [0.05, 0.1) is 16.2 Å². The van der Waals surface area contributed by atoms with E-state index >= 15 is 0 Å². The SMILES string of the molecule is O=C(c1ccccc1)c1ccccc1Nc1ncnc(N2CCC(Oc3ccccc3C(F)(F)F)CC2)c1[N+](=O)[O-]. The summed E-state index contributed by atoms with van der Waals surface area (Å²) in [4.78, 5) is 34.7. The molecular weight excluding hydrogens is 539 g/mol. The van der Waals surface area contributed by atoms with Crippen molar-refractivity contribution in [3.63, 3.8) is 0 Å². The summed E-state index contributed by atoms with van der Waals surface area (Å²) in [5.74, 6) is -0.541. The quantitative estimate of drug-likeness (QED) is 0.148. The maximum Gasteiger partial charge on any atom is 0.419 e. The molecule has 41 heavy (non-hydrogen) atoms. The third-order valence-electron chi connectivity index (χ3n) is 6.67. The highest BCUT2D eigenvalue weighted by Gasteiger charge is 2.36. The molecule has 1 N–H and O–H groups in total. The first-order valence-corrected chi connectivity index (χ1v) is 12.8. The number of hydrogen-bond acceptors (Lipinski definition) is 8. The van der Waals surface area contributed by atoms with E-state index in [0.29, 0.717) is 29.7 Å². The molecule has 9 nitrogen and oxygen atoms in total. The fourth-order valence-electron chi connectivity index (χ4n) is 4.69. The number of anilines is 3. The molecule has 4 aromatic rings. The van der Waals surface area contributed by atoms with E-state index < -0.39 is 22.8 Å². The molecule has 0 radical (unpaired) electrons. The first-order chi connectivity index (χ1) is 19.7. The summed E-state index contributed by atoms with van der Waals surface area (Å²) in [6.07, 6.45) is -3.22. The van der Waals surface area contributed by atoms with Crippen LogP contribution in [0.1, 0.15) is 34.3 Å². The molecule has 1 aromatic heterocycles. The number of piperidine rings is 1. The largest absolute Gasteiger partial charge is 0.490 e. The lowest BCUT2D eigenvalue weighted by Gasteiger charge is -2.33. The van der Waals surface area contributed by atoms with E-state index in [4.69, 9.17) is 4.74 Å². The molecule has 0 saturated carbocycles. The van der Waals surface area contributed by atoms with Crippen LogP contribution in [0.15, 0.2) is 85.2 Å². The standard InChI is InChI=1S/C29H24F3N5O4/c30-29(31,32)22-11-5-7-13-24(22)41-20-14-16-36(17-15-20)28-25(37(39)40)27(33-18-34-28)35-23-12-6-4-10-21(23)26(38)19-8-2-1-3-9-19/h1-13,18,20H,14-17H2,(H,33,34,35). The predicted octanol–water partition coefficient (Wildman–Crippen LogP) is 6.43. The van der Waals surface area contributed by atoms with E-state index in [1.165, 1.54) is 24.5 Å². The van der Waals surface area contributed by atoms with Gasteiger partial charge in [0.25, 0.3) is 0 Å². The zero-order chi connectivity index (χ0) is 29.0. The normalized spacial score (nSPS) is 14.0. The lowest BCUT2D eigenvalue weighted by molar-refractivity contribution is -0.383. The Morgan fingerprint density at radius 1 is 0.951 bits per heavy atom. The van der Waals surface area contributed by atoms with Crippen molar-refractivity contribution in [1.82, 2.24) is 9.97 Å². The first kappa shape index (κ1) is 27.6. The van der Waals surface area contributed by atoms with Gasteiger partial charge < -0.3 is 15.0 Å². The van der Waals surface area contributed by atoms with Crippen LogP contribution in [-0.4, -0.2) is 39.9 Å². The molecule has 0 aliphatic carbocycles. The van der Waals surface area contributed by atoms with Crippen molar-refractivity contribution in [3.8, 4) is 5.75 Å². The van der Waals surface area contributed by atoms with Crippen molar-refractivity contribution >= 4 is 28.8 Å². The number of rotatable bonds is 8. The summed E-state index contributed by atoms with van der Waals surface area (Å²) >= 11 is 0. The molecule has 2 heterocycles. The minimum Gasteiger partial charge on any atom is -0.490 e. The topological polar surface area (TPSA) is 110 Å². The van der Waals surface area contributed by atoms with Crippen LogP contribution < -0.4 is 15.0 Å². The maximum atomic E-state index is 13.4. The summed E-state index contributed by atoms with van der Waals surface area (Å²) in [5, 5.41) is 15.2. The van der Waals surface area contributed by atoms with Crippen molar-refractivity contribution in [1.29, 1.82) is 0 Å². The van der Waals surface area contributed by atoms with Gasteiger partial charge in [-0.25, -0.2) is 9.97 Å². The molecular formula is C29H24F3N5O4. The van der Waals surface area contributed by atoms with Gasteiger partial charge in [0.15, 0.2) is 5.78 Å². The molecule has 0 atom stereocenters. The molecule has 1 saturated heterocycles. The smallest absolute Gasteiger partial charge is 0.419 e. The van der Waals surface area contributed by atoms with Crippen LogP contribution in [-0.2, 0) is 6.18 Å². The average molecular weight is 564 g/mol. The molecule has 0 spiro atoms. The van der Waals surface area contributed by atoms with E-state index in [-0.39, 0.29) is 41.9 Å². The maximum absolute atomic E-state index is 13.4. The Bertz CT molecular complexity index is 1560. The highest BCUT2D eigenvalue weighted by molar-refractivity contribution is 6.12. The van der Waals surface area contributed by atoms with Crippen LogP contribution in [0.2, 0.25) is 0 Å². The molecule has 12 heteroatoms. The number of nitrogens with one attached hydrogen (secondary N) is 1. The number of nitrogens with zero attached hydrogens (tertiary/aromatic N) is 4. The van der Waals surface area contributed by atoms with E-state index in [9.17, 15) is 28.1 Å². The Morgan fingerprint density at radius 2 is 1.61 bits per heavy atom. The number of hydrogen-bond donors (Lipinski definition) is 1. The molecule has 0 bridgehead atoms. The number of carbonyl (C=O) groups excluding carboxylic acids is 1. The molecule has 3 aromatic carbocycles. The Kier molecular flexibility index (Phi) is 7.81. The van der Waals surface area contributed by atoms with Gasteiger partial charge in [-0.15, -0.1) is 0 Å². The second-order valence-electron chi connectivity index (χ2n) is 9.32. The molecule has 0 unspecified atom stereocenters. The van der Waals surface area contributed by atoms with Crippen LogP contribution in [0.3, 0.4) is 0 Å². The van der Waals surface area contributed by atoms with Gasteiger partial charge in [0.2, 0.25) is 11.6 Å². The van der Waals surface area contributed by atoms with Crippen molar-refractivity contribution in [2.24, 2.45) is 0 Å². The van der Waals surface area contributed by atoms with Crippen LogP contribution in [0, 0.1) is 10.1 Å². The third-order valence-corrected chi connectivity index (χ3v) is 6.67. The Balaban J connectivity index is 1.36. The van der Waals surface area contributed by atoms with Crippen molar-refractivity contribution in [2.45, 2.75) is 25.1 Å². The number of halogens is 3. The van der Waals surface area contributed by atoms with E-state index in [2.05, 4.69) is 15.3 Å². The van der Waals surface area contributed by atoms with Gasteiger partial charge in [-0.2, -0.15) is 13.2 Å². The summed E-state index contributed by atoms with van der Waals surface area (Å²) in [7, 11) is 0. The number of nitro groups is 1. The number of para-hydroxylation sites is 2. The highest BCUT2D eigenvalue weighted by Crippen LogP contribution is 2.38. The van der Waals surface area contributed by atoms with Crippen LogP contribution in [0.25, 0.3) is 0 Å². The summed E-state index contributed by atoms with van der Waals surface area (Å²) < 4.78 is 45.8. The number of alkyl halides is 3. The van der Waals surface area contributed by atoms with Crippen LogP contribution in [0.5, 0.6) is 5.75 Å². The minimum absolute atomic E-state index is 0.0634. The monoisotopic (exact) mass is 563 g/mol. The number of ether oxygens (including phenoxy) is 1. The zero-order valence-electron chi connectivity index (χ0n) is 21.5. The number of benzene rings is 3. The Morgan fingerprint density at radius 3 is 2.32 bits per heavy atom. The van der Waals surface area contributed by atoms with Gasteiger partial charge in [0, 0.05) is 37.1 Å². The second-order valence-corrected chi connectivity index (χ2v) is 9.32. The van der Waals surface area contributed by atoms with Gasteiger partial charge in [-0.3, -0.25) is 14.9 Å². The Labute approximate surface area is 232 Å². The van der Waals surface area contributed by atoms with Crippen LogP contribution in [0.4, 0.5) is 36.2 Å². The van der Waals surface area contributed by atoms with Gasteiger partial charge in [0.1, 0.15) is 18.2 Å². The highest BCUT2D eigenvalue weighted by atomic mass is 19.4. The number of carbonyl (C=O) groups is 1. The van der Waals surface area contributed by atoms with E-state index in [1.54, 1.807) is 59.5 Å². The molecule has 1 aliphatic rings. The second kappa shape index (κ2) is 11.6. The molecule has 1 aliphatic heterocycles. The van der Waals surface area contributed by atoms with Crippen molar-refractivity contribution in [2.75, 3.05) is 23.3 Å². The van der Waals surface area contributed by atoms with Gasteiger partial charge in [-0.05, 0) is 24.3 Å². The summed E-state index contributed by atoms with van der Waals surface area (Å²) in [6, 6.07) is 20.3. The summed E-state index contributed by atoms with van der Waals surface area (Å²) in [5.41, 5.74) is -0.121. The first-order valence-electron chi connectivity index (χ1n) is 12.8. The summed E-state index contributed by atoms with van der Waals surface area (Å²) in [6.45, 7) is 0.526. The van der Waals surface area contributed by atoms with E-state index in [1.807, 2.05) is 0 Å². The fourth-order valence-corrected chi connectivity index (χ4v) is 4.69. The third kappa shape index (κ3) is 6.11. The number of aromatic nitrogens is 2. The molecule has 210 valence electrons. The molecule has 1 fully saturated rings. The van der Waals surface area contributed by atoms with Crippen LogP contribution >= 0.6 is 0 Å². The van der Waals surface area contributed by atoms with Crippen molar-refractivity contribution in [3.05, 3.63) is 112 Å². The van der Waals surface area contributed by atoms with Gasteiger partial charge >= 0.3 is 11.9 Å². The average Bonchev–Trinajstić information content (AvgIpc) is 2.97. The lowest BCUT2D eigenvalue weighted by Crippen LogP contribution is -2.39. The minimum atomic E-state index is -4.55. The van der Waals surface area contributed by atoms with Crippen molar-refractivity contribution < 1.29 is 27.6 Å². The number of ketones is 1.